The molecule has 0 bridgehead atoms. The summed E-state index contributed by atoms with van der Waals surface area (Å²) in [6.07, 6.45) is 3.45. The molecule has 0 spiro atoms. The van der Waals surface area contributed by atoms with Crippen LogP contribution >= 0.6 is 24.0 Å². The van der Waals surface area contributed by atoms with E-state index >= 15 is 0 Å². The van der Waals surface area contributed by atoms with Gasteiger partial charge in [0.25, 0.3) is 5.76 Å². The number of rotatable bonds is 5. The van der Waals surface area contributed by atoms with Crippen molar-refractivity contribution in [1.29, 1.82) is 0 Å². The quantitative estimate of drug-likeness (QED) is 0.622. The summed E-state index contributed by atoms with van der Waals surface area (Å²) in [4.78, 5) is 4.49. The molecule has 0 amide bonds. The molecular formula is C15H15F2N3S2. The van der Waals surface area contributed by atoms with Crippen molar-refractivity contribution >= 4 is 34.8 Å². The number of nitrogens with zero attached hydrogens (tertiary/aromatic N) is 1. The summed E-state index contributed by atoms with van der Waals surface area (Å²) in [7, 11) is 0. The van der Waals surface area contributed by atoms with E-state index < -0.39 is 5.76 Å². The van der Waals surface area contributed by atoms with Crippen molar-refractivity contribution in [3.8, 4) is 0 Å². The van der Waals surface area contributed by atoms with Gasteiger partial charge in [-0.3, -0.25) is 4.98 Å². The predicted octanol–water partition coefficient (Wildman–Crippen LogP) is 4.44. The molecule has 2 aromatic rings. The Morgan fingerprint density at radius 2 is 1.77 bits per heavy atom. The number of thioether (sulfide) groups is 1. The maximum absolute atomic E-state index is 12.2. The fraction of sp³-hybridized carbons (Fsp3) is 0.200. The van der Waals surface area contributed by atoms with Gasteiger partial charge in [0.2, 0.25) is 0 Å². The molecular weight excluding hydrogens is 324 g/mol. The minimum absolute atomic E-state index is 0.0386. The van der Waals surface area contributed by atoms with Crippen LogP contribution in [0.4, 0.5) is 14.5 Å². The van der Waals surface area contributed by atoms with E-state index in [9.17, 15) is 8.78 Å². The van der Waals surface area contributed by atoms with E-state index in [2.05, 4.69) is 15.6 Å². The molecule has 7 heteroatoms. The molecule has 1 heterocycles. The van der Waals surface area contributed by atoms with Gasteiger partial charge in [-0.2, -0.15) is 8.78 Å². The number of halogens is 2. The fourth-order valence-corrected chi connectivity index (χ4v) is 2.61. The summed E-state index contributed by atoms with van der Waals surface area (Å²) in [6, 6.07) is 10.6. The van der Waals surface area contributed by atoms with Crippen molar-refractivity contribution < 1.29 is 8.78 Å². The average molecular weight is 339 g/mol. The number of benzene rings is 1. The van der Waals surface area contributed by atoms with Gasteiger partial charge < -0.3 is 10.6 Å². The van der Waals surface area contributed by atoms with Crippen LogP contribution in [-0.2, 0) is 0 Å². The molecule has 0 aliphatic rings. The highest BCUT2D eigenvalue weighted by atomic mass is 32.2. The van der Waals surface area contributed by atoms with Gasteiger partial charge in [0, 0.05) is 23.0 Å². The minimum atomic E-state index is -2.41. The molecule has 0 aliphatic carbocycles. The molecule has 0 fully saturated rings. The summed E-state index contributed by atoms with van der Waals surface area (Å²) < 4.78 is 24.5. The van der Waals surface area contributed by atoms with Crippen LogP contribution < -0.4 is 10.6 Å². The molecule has 1 aromatic carbocycles. The van der Waals surface area contributed by atoms with E-state index in [0.29, 0.717) is 21.8 Å². The SMILES string of the molecule is CC(NC(=S)Nc1ccc(SC(F)F)cc1)c1ccncc1. The first-order valence-corrected chi connectivity index (χ1v) is 7.85. The number of hydrogen-bond acceptors (Lipinski definition) is 3. The lowest BCUT2D eigenvalue weighted by molar-refractivity contribution is 0.252. The highest BCUT2D eigenvalue weighted by Crippen LogP contribution is 2.26. The van der Waals surface area contributed by atoms with Crippen molar-refractivity contribution in [2.75, 3.05) is 5.32 Å². The first-order chi connectivity index (χ1) is 10.5. The standard InChI is InChI=1S/C15H15F2N3S2/c1-10(11-6-8-18-9-7-11)19-15(21)20-12-2-4-13(5-3-12)22-14(16)17/h2-10,14H,1H3,(H2,19,20,21). The molecule has 22 heavy (non-hydrogen) atoms. The van der Waals surface area contributed by atoms with Gasteiger partial charge in [-0.15, -0.1) is 0 Å². The topological polar surface area (TPSA) is 37.0 Å². The normalized spacial score (nSPS) is 12.0. The highest BCUT2D eigenvalue weighted by Gasteiger charge is 2.08. The zero-order valence-corrected chi connectivity index (χ0v) is 13.4. The predicted molar refractivity (Wildman–Crippen MR) is 90.3 cm³/mol. The van der Waals surface area contributed by atoms with Gasteiger partial charge in [0.05, 0.1) is 6.04 Å². The zero-order chi connectivity index (χ0) is 15.9. The van der Waals surface area contributed by atoms with Crippen molar-refractivity contribution in [3.63, 3.8) is 0 Å². The molecule has 3 nitrogen and oxygen atoms in total. The van der Waals surface area contributed by atoms with E-state index in [-0.39, 0.29) is 6.04 Å². The molecule has 0 aliphatic heterocycles. The van der Waals surface area contributed by atoms with Gasteiger partial charge in [-0.1, -0.05) is 11.8 Å². The molecule has 2 rings (SSSR count). The van der Waals surface area contributed by atoms with E-state index in [4.69, 9.17) is 12.2 Å². The Bertz CT molecular complexity index is 606. The van der Waals surface area contributed by atoms with Crippen LogP contribution in [0, 0.1) is 0 Å². The molecule has 1 atom stereocenters. The van der Waals surface area contributed by atoms with Crippen LogP contribution in [0.3, 0.4) is 0 Å². The first kappa shape index (κ1) is 16.6. The van der Waals surface area contributed by atoms with Crippen LogP contribution in [0.5, 0.6) is 0 Å². The smallest absolute Gasteiger partial charge is 0.288 e. The fourth-order valence-electron chi connectivity index (χ4n) is 1.82. The minimum Gasteiger partial charge on any atom is -0.356 e. The number of thiocarbonyl (C=S) groups is 1. The van der Waals surface area contributed by atoms with E-state index in [1.54, 1.807) is 36.7 Å². The maximum Gasteiger partial charge on any atom is 0.288 e. The lowest BCUT2D eigenvalue weighted by atomic mass is 10.1. The number of nitrogens with one attached hydrogen (secondary N) is 2. The maximum atomic E-state index is 12.2. The number of pyridine rings is 1. The van der Waals surface area contributed by atoms with E-state index in [1.807, 2.05) is 19.1 Å². The van der Waals surface area contributed by atoms with Crippen LogP contribution in [0.25, 0.3) is 0 Å². The number of aromatic nitrogens is 1. The third kappa shape index (κ3) is 5.23. The Labute approximate surface area is 137 Å². The second-order valence-corrected chi connectivity index (χ2v) is 5.98. The third-order valence-electron chi connectivity index (χ3n) is 2.89. The van der Waals surface area contributed by atoms with Gasteiger partial charge in [0.1, 0.15) is 0 Å². The molecule has 0 saturated carbocycles. The van der Waals surface area contributed by atoms with Gasteiger partial charge in [0.15, 0.2) is 5.11 Å². The molecule has 0 saturated heterocycles. The van der Waals surface area contributed by atoms with Crippen molar-refractivity contribution in [1.82, 2.24) is 10.3 Å². The molecule has 2 N–H and O–H groups in total. The summed E-state index contributed by atoms with van der Waals surface area (Å²) in [6.45, 7) is 1.99. The molecule has 116 valence electrons. The lowest BCUT2D eigenvalue weighted by Crippen LogP contribution is -2.30. The first-order valence-electron chi connectivity index (χ1n) is 6.57. The second-order valence-electron chi connectivity index (χ2n) is 4.50. The van der Waals surface area contributed by atoms with Gasteiger partial charge in [-0.25, -0.2) is 0 Å². The highest BCUT2D eigenvalue weighted by molar-refractivity contribution is 7.99. The van der Waals surface area contributed by atoms with Gasteiger partial charge in [-0.05, 0) is 61.1 Å². The Morgan fingerprint density at radius 3 is 2.36 bits per heavy atom. The Hall–Kier alpha value is -1.73. The van der Waals surface area contributed by atoms with Crippen LogP contribution in [0.15, 0.2) is 53.7 Å². The lowest BCUT2D eigenvalue weighted by Gasteiger charge is -2.17. The van der Waals surface area contributed by atoms with Crippen molar-refractivity contribution in [3.05, 3.63) is 54.4 Å². The number of alkyl halides is 2. The van der Waals surface area contributed by atoms with Gasteiger partial charge >= 0.3 is 0 Å². The average Bonchev–Trinajstić information content (AvgIpc) is 2.49. The van der Waals surface area contributed by atoms with E-state index in [1.165, 1.54) is 0 Å². The molecule has 1 aromatic heterocycles. The third-order valence-corrected chi connectivity index (χ3v) is 3.83. The summed E-state index contributed by atoms with van der Waals surface area (Å²) in [5.41, 5.74) is 1.82. The number of anilines is 1. The summed E-state index contributed by atoms with van der Waals surface area (Å²) in [5, 5.41) is 6.66. The van der Waals surface area contributed by atoms with Crippen LogP contribution in [-0.4, -0.2) is 15.9 Å². The number of hydrogen-bond donors (Lipinski definition) is 2. The Kier molecular flexibility index (Phi) is 6.09. The van der Waals surface area contributed by atoms with Crippen molar-refractivity contribution in [2.24, 2.45) is 0 Å². The van der Waals surface area contributed by atoms with Crippen LogP contribution in [0.2, 0.25) is 0 Å². The summed E-state index contributed by atoms with van der Waals surface area (Å²) >= 11 is 5.77. The Morgan fingerprint density at radius 1 is 1.14 bits per heavy atom. The molecule has 0 radical (unpaired) electrons. The Balaban J connectivity index is 1.89. The zero-order valence-electron chi connectivity index (χ0n) is 11.8. The monoisotopic (exact) mass is 339 g/mol. The summed E-state index contributed by atoms with van der Waals surface area (Å²) in [5.74, 6) is -2.41. The van der Waals surface area contributed by atoms with Crippen molar-refractivity contribution in [2.45, 2.75) is 23.6 Å². The largest absolute Gasteiger partial charge is 0.356 e. The van der Waals surface area contributed by atoms with Crippen LogP contribution in [0.1, 0.15) is 18.5 Å². The second kappa shape index (κ2) is 8.05. The molecule has 1 unspecified atom stereocenters. The van der Waals surface area contributed by atoms with E-state index in [0.717, 1.165) is 11.3 Å².